The van der Waals surface area contributed by atoms with Crippen LogP contribution in [0, 0.1) is 58.8 Å². The Morgan fingerprint density at radius 3 is 1.32 bits per heavy atom. The molecule has 2 aromatic carbocycles. The Labute approximate surface area is 204 Å². The summed E-state index contributed by atoms with van der Waals surface area (Å²) in [7, 11) is 0. The van der Waals surface area contributed by atoms with E-state index < -0.39 is 0 Å². The van der Waals surface area contributed by atoms with Crippen LogP contribution in [0.25, 0.3) is 0 Å². The van der Waals surface area contributed by atoms with Crippen molar-refractivity contribution < 1.29 is 9.59 Å². The van der Waals surface area contributed by atoms with Gasteiger partial charge in [0, 0.05) is 24.5 Å². The zero-order valence-corrected chi connectivity index (χ0v) is 21.9. The zero-order chi connectivity index (χ0) is 25.2. The van der Waals surface area contributed by atoms with Crippen molar-refractivity contribution in [3.63, 3.8) is 0 Å². The Balaban J connectivity index is 1.46. The first-order chi connectivity index (χ1) is 15.9. The van der Waals surface area contributed by atoms with Crippen LogP contribution in [-0.2, 0) is 0 Å². The SMILES string of the molecule is Cc1cc(C)c(NC(=O)NC[C@@H]2C[C@@H](CNC(=O)Nc3c(C)cc(C)cc3C)C2(C)C)c(C)c1. The third kappa shape index (κ3) is 5.72. The molecule has 4 N–H and O–H groups in total. The summed E-state index contributed by atoms with van der Waals surface area (Å²) >= 11 is 0. The van der Waals surface area contributed by atoms with Crippen molar-refractivity contribution in [2.45, 2.75) is 61.8 Å². The maximum Gasteiger partial charge on any atom is 0.319 e. The van der Waals surface area contributed by atoms with E-state index in [1.165, 1.54) is 11.1 Å². The fourth-order valence-corrected chi connectivity index (χ4v) is 5.32. The van der Waals surface area contributed by atoms with Crippen LogP contribution in [0.4, 0.5) is 21.0 Å². The molecule has 1 aliphatic rings. The number of aryl methyl sites for hydroxylation is 6. The van der Waals surface area contributed by atoms with Crippen molar-refractivity contribution in [2.24, 2.45) is 17.3 Å². The molecule has 34 heavy (non-hydrogen) atoms. The second kappa shape index (κ2) is 10.1. The average molecular weight is 465 g/mol. The predicted molar refractivity (Wildman–Crippen MR) is 141 cm³/mol. The van der Waals surface area contributed by atoms with Gasteiger partial charge in [0.1, 0.15) is 0 Å². The molecule has 2 aromatic rings. The lowest BCUT2D eigenvalue weighted by Crippen LogP contribution is -2.54. The van der Waals surface area contributed by atoms with Gasteiger partial charge in [-0.1, -0.05) is 49.2 Å². The maximum absolute atomic E-state index is 12.5. The third-order valence-corrected chi connectivity index (χ3v) is 7.52. The van der Waals surface area contributed by atoms with E-state index in [2.05, 4.69) is 73.2 Å². The Kier molecular flexibility index (Phi) is 7.59. The van der Waals surface area contributed by atoms with Gasteiger partial charge < -0.3 is 21.3 Å². The lowest BCUT2D eigenvalue weighted by molar-refractivity contribution is -0.0142. The molecule has 184 valence electrons. The highest BCUT2D eigenvalue weighted by atomic mass is 16.2. The topological polar surface area (TPSA) is 82.3 Å². The van der Waals surface area contributed by atoms with Gasteiger partial charge in [-0.15, -0.1) is 0 Å². The van der Waals surface area contributed by atoms with Gasteiger partial charge in [-0.05, 0) is 87.5 Å². The van der Waals surface area contributed by atoms with E-state index in [1.807, 2.05) is 27.7 Å². The third-order valence-electron chi connectivity index (χ3n) is 7.52. The van der Waals surface area contributed by atoms with Crippen molar-refractivity contribution in [3.8, 4) is 0 Å². The van der Waals surface area contributed by atoms with Crippen LogP contribution in [0.2, 0.25) is 0 Å². The first-order valence-electron chi connectivity index (χ1n) is 12.1. The van der Waals surface area contributed by atoms with Crippen LogP contribution in [-0.4, -0.2) is 25.2 Å². The van der Waals surface area contributed by atoms with Gasteiger partial charge in [-0.25, -0.2) is 9.59 Å². The van der Waals surface area contributed by atoms with E-state index in [1.54, 1.807) is 0 Å². The molecule has 3 rings (SSSR count). The zero-order valence-electron chi connectivity index (χ0n) is 21.9. The minimum atomic E-state index is -0.171. The lowest BCUT2D eigenvalue weighted by atomic mass is 9.54. The fraction of sp³-hybridized carbons (Fsp3) is 0.500. The van der Waals surface area contributed by atoms with Gasteiger partial charge in [-0.3, -0.25) is 0 Å². The van der Waals surface area contributed by atoms with Gasteiger partial charge in [0.2, 0.25) is 0 Å². The van der Waals surface area contributed by atoms with Crippen molar-refractivity contribution in [3.05, 3.63) is 57.6 Å². The maximum atomic E-state index is 12.5. The summed E-state index contributed by atoms with van der Waals surface area (Å²) in [5, 5.41) is 12.1. The largest absolute Gasteiger partial charge is 0.338 e. The van der Waals surface area contributed by atoms with Crippen LogP contribution in [0.3, 0.4) is 0 Å². The van der Waals surface area contributed by atoms with E-state index in [0.717, 1.165) is 40.0 Å². The summed E-state index contributed by atoms with van der Waals surface area (Å²) in [6.07, 6.45) is 0.971. The minimum Gasteiger partial charge on any atom is -0.338 e. The predicted octanol–water partition coefficient (Wildman–Crippen LogP) is 6.14. The van der Waals surface area contributed by atoms with Crippen molar-refractivity contribution in [2.75, 3.05) is 23.7 Å². The number of urea groups is 2. The van der Waals surface area contributed by atoms with Crippen LogP contribution in [0.15, 0.2) is 24.3 Å². The van der Waals surface area contributed by atoms with Crippen LogP contribution >= 0.6 is 0 Å². The second-order valence-corrected chi connectivity index (χ2v) is 10.7. The number of benzene rings is 2. The number of nitrogens with one attached hydrogen (secondary N) is 4. The summed E-state index contributed by atoms with van der Waals surface area (Å²) in [4.78, 5) is 25.0. The molecule has 1 fully saturated rings. The van der Waals surface area contributed by atoms with Gasteiger partial charge in [0.15, 0.2) is 0 Å². The van der Waals surface area contributed by atoms with Gasteiger partial charge in [-0.2, -0.15) is 0 Å². The molecule has 1 aliphatic carbocycles. The number of anilines is 2. The average Bonchev–Trinajstić information content (AvgIpc) is 2.72. The Morgan fingerprint density at radius 1 is 0.706 bits per heavy atom. The molecule has 2 atom stereocenters. The summed E-state index contributed by atoms with van der Waals surface area (Å²) in [6, 6.07) is 7.96. The molecule has 0 saturated heterocycles. The molecule has 1 saturated carbocycles. The molecule has 6 heteroatoms. The smallest absolute Gasteiger partial charge is 0.319 e. The van der Waals surface area contributed by atoms with Gasteiger partial charge in [0.05, 0.1) is 0 Å². The number of amides is 4. The Morgan fingerprint density at radius 2 is 1.03 bits per heavy atom. The normalized spacial score (nSPS) is 18.6. The Bertz CT molecular complexity index is 960. The van der Waals surface area contributed by atoms with Gasteiger partial charge >= 0.3 is 12.1 Å². The summed E-state index contributed by atoms with van der Waals surface area (Å²) < 4.78 is 0. The highest BCUT2D eigenvalue weighted by molar-refractivity contribution is 5.91. The minimum absolute atomic E-state index is 0.0337. The fourth-order valence-electron chi connectivity index (χ4n) is 5.32. The van der Waals surface area contributed by atoms with E-state index in [0.29, 0.717) is 24.9 Å². The summed E-state index contributed by atoms with van der Waals surface area (Å²) in [6.45, 7) is 17.8. The quantitative estimate of drug-likeness (QED) is 0.414. The van der Waals surface area contributed by atoms with Crippen LogP contribution in [0.5, 0.6) is 0 Å². The molecule has 0 radical (unpaired) electrons. The molecule has 0 heterocycles. The Hall–Kier alpha value is -3.02. The van der Waals surface area contributed by atoms with E-state index in [-0.39, 0.29) is 17.5 Å². The number of hydrogen-bond acceptors (Lipinski definition) is 2. The standard InChI is InChI=1S/C28H40N4O2/c1-16-9-18(3)24(19(4)10-16)31-26(33)29-14-22-13-23(28(22,7)8)15-30-27(34)32-25-20(5)11-17(2)12-21(25)6/h9-12,22-23H,13-15H2,1-8H3,(H2,29,31,33)(H2,30,32,34)/t22-,23-/m0/s1. The van der Waals surface area contributed by atoms with Crippen LogP contribution < -0.4 is 21.3 Å². The number of carbonyl (C=O) groups is 2. The molecule has 0 aliphatic heterocycles. The highest BCUT2D eigenvalue weighted by Gasteiger charge is 2.47. The molecule has 0 aromatic heterocycles. The van der Waals surface area contributed by atoms with E-state index in [9.17, 15) is 9.59 Å². The van der Waals surface area contributed by atoms with E-state index in [4.69, 9.17) is 0 Å². The first kappa shape index (κ1) is 25.6. The summed E-state index contributed by atoms with van der Waals surface area (Å²) in [5.74, 6) is 0.741. The monoisotopic (exact) mass is 464 g/mol. The molecular formula is C28H40N4O2. The van der Waals surface area contributed by atoms with Crippen molar-refractivity contribution >= 4 is 23.4 Å². The highest BCUT2D eigenvalue weighted by Crippen LogP contribution is 2.50. The molecule has 0 spiro atoms. The van der Waals surface area contributed by atoms with E-state index >= 15 is 0 Å². The van der Waals surface area contributed by atoms with Crippen molar-refractivity contribution in [1.29, 1.82) is 0 Å². The van der Waals surface area contributed by atoms with Gasteiger partial charge in [0.25, 0.3) is 0 Å². The number of carbonyl (C=O) groups excluding carboxylic acids is 2. The molecule has 4 amide bonds. The molecular weight excluding hydrogens is 424 g/mol. The lowest BCUT2D eigenvalue weighted by Gasteiger charge is -2.52. The second-order valence-electron chi connectivity index (χ2n) is 10.7. The van der Waals surface area contributed by atoms with Crippen molar-refractivity contribution in [1.82, 2.24) is 10.6 Å². The molecule has 0 bridgehead atoms. The first-order valence-corrected chi connectivity index (χ1v) is 12.1. The van der Waals surface area contributed by atoms with Crippen LogP contribution in [0.1, 0.15) is 53.6 Å². The molecule has 0 unspecified atom stereocenters. The number of hydrogen-bond donors (Lipinski definition) is 4. The number of rotatable bonds is 6. The summed E-state index contributed by atoms with van der Waals surface area (Å²) in [5.41, 5.74) is 8.44. The molecule has 6 nitrogen and oxygen atoms in total.